The average molecular weight is 651 g/mol. The van der Waals surface area contributed by atoms with Crippen LogP contribution in [0.5, 0.6) is 23.0 Å². The molecule has 39 heavy (non-hydrogen) atoms. The molecule has 0 aliphatic carbocycles. The van der Waals surface area contributed by atoms with Crippen molar-refractivity contribution in [3.8, 4) is 23.0 Å². The minimum absolute atomic E-state index is 0.0824. The standard InChI is InChI=1S/C32H29Br2NO4/c1-2-35-20-19-32(37,23-5-13-27(14-6-23)39-29-17-9-25(34)10-18-29)30(21-35)31(36)22-3-11-26(12-4-22)38-28-15-7-24(33)8-16-28/h3-18,30,37H,2,19-21H2,1H3/t30-,32+/m0/s1. The molecular formula is C32H29Br2NO4. The summed E-state index contributed by atoms with van der Waals surface area (Å²) in [5.74, 6) is 2.06. The van der Waals surface area contributed by atoms with Gasteiger partial charge in [-0.25, -0.2) is 0 Å². The van der Waals surface area contributed by atoms with Gasteiger partial charge in [0.2, 0.25) is 0 Å². The summed E-state index contributed by atoms with van der Waals surface area (Å²) < 4.78 is 13.8. The summed E-state index contributed by atoms with van der Waals surface area (Å²) >= 11 is 6.85. The number of likely N-dealkylation sites (tertiary alicyclic amines) is 1. The van der Waals surface area contributed by atoms with Crippen molar-refractivity contribution < 1.29 is 19.4 Å². The highest BCUT2D eigenvalue weighted by molar-refractivity contribution is 9.10. The predicted octanol–water partition coefficient (Wildman–Crippen LogP) is 8.21. The number of halogens is 2. The number of ketones is 1. The van der Waals surface area contributed by atoms with Crippen LogP contribution in [0.3, 0.4) is 0 Å². The Balaban J connectivity index is 1.35. The normalized spacial score (nSPS) is 19.4. The van der Waals surface area contributed by atoms with E-state index in [-0.39, 0.29) is 5.78 Å². The molecule has 0 spiro atoms. The van der Waals surface area contributed by atoms with Crippen molar-refractivity contribution in [2.24, 2.45) is 5.92 Å². The third kappa shape index (κ3) is 6.44. The van der Waals surface area contributed by atoms with Gasteiger partial charge >= 0.3 is 0 Å². The zero-order valence-electron chi connectivity index (χ0n) is 21.5. The largest absolute Gasteiger partial charge is 0.457 e. The molecule has 1 N–H and O–H groups in total. The first-order chi connectivity index (χ1) is 18.8. The number of nitrogens with zero attached hydrogens (tertiary/aromatic N) is 1. The molecule has 0 aromatic heterocycles. The zero-order chi connectivity index (χ0) is 27.4. The van der Waals surface area contributed by atoms with Gasteiger partial charge in [0.15, 0.2) is 5.78 Å². The fraction of sp³-hybridized carbons (Fsp3) is 0.219. The molecule has 0 radical (unpaired) electrons. The number of aliphatic hydroxyl groups is 1. The first-order valence-corrected chi connectivity index (χ1v) is 14.5. The van der Waals surface area contributed by atoms with Crippen LogP contribution in [0.25, 0.3) is 0 Å². The number of carbonyl (C=O) groups is 1. The lowest BCUT2D eigenvalue weighted by Gasteiger charge is -2.44. The molecule has 0 amide bonds. The molecule has 1 fully saturated rings. The fourth-order valence-electron chi connectivity index (χ4n) is 4.91. The summed E-state index contributed by atoms with van der Waals surface area (Å²) in [5, 5.41) is 12.0. The maximum absolute atomic E-state index is 13.8. The molecule has 200 valence electrons. The first-order valence-electron chi connectivity index (χ1n) is 12.9. The summed E-state index contributed by atoms with van der Waals surface area (Å²) in [5.41, 5.74) is -0.0180. The lowest BCUT2D eigenvalue weighted by atomic mass is 9.72. The second kappa shape index (κ2) is 12.0. The number of benzene rings is 4. The fourth-order valence-corrected chi connectivity index (χ4v) is 5.44. The van der Waals surface area contributed by atoms with E-state index in [1.165, 1.54) is 0 Å². The summed E-state index contributed by atoms with van der Waals surface area (Å²) in [6.07, 6.45) is 0.467. The van der Waals surface area contributed by atoms with Crippen LogP contribution in [0.2, 0.25) is 0 Å². The van der Waals surface area contributed by atoms with E-state index < -0.39 is 11.5 Å². The molecule has 1 aliphatic rings. The van der Waals surface area contributed by atoms with Crippen molar-refractivity contribution >= 4 is 37.6 Å². The van der Waals surface area contributed by atoms with E-state index in [1.807, 2.05) is 72.8 Å². The van der Waals surface area contributed by atoms with Crippen LogP contribution in [-0.4, -0.2) is 35.4 Å². The Kier molecular flexibility index (Phi) is 8.52. The van der Waals surface area contributed by atoms with Gasteiger partial charge in [0.1, 0.15) is 28.6 Å². The third-order valence-electron chi connectivity index (χ3n) is 7.18. The van der Waals surface area contributed by atoms with E-state index in [0.29, 0.717) is 42.3 Å². The molecule has 1 heterocycles. The van der Waals surface area contributed by atoms with Gasteiger partial charge in [0.05, 0.1) is 5.92 Å². The second-order valence-corrected chi connectivity index (χ2v) is 11.5. The molecule has 0 saturated carbocycles. The van der Waals surface area contributed by atoms with Gasteiger partial charge in [-0.15, -0.1) is 0 Å². The molecule has 0 unspecified atom stereocenters. The predicted molar refractivity (Wildman–Crippen MR) is 160 cm³/mol. The quantitative estimate of drug-likeness (QED) is 0.195. The average Bonchev–Trinajstić information content (AvgIpc) is 2.96. The number of ether oxygens (including phenoxy) is 2. The van der Waals surface area contributed by atoms with E-state index in [2.05, 4.69) is 43.7 Å². The van der Waals surface area contributed by atoms with Crippen molar-refractivity contribution in [2.45, 2.75) is 18.9 Å². The van der Waals surface area contributed by atoms with Crippen LogP contribution in [0.1, 0.15) is 29.3 Å². The Morgan fingerprint density at radius 1 is 0.795 bits per heavy atom. The van der Waals surface area contributed by atoms with E-state index >= 15 is 0 Å². The van der Waals surface area contributed by atoms with Crippen LogP contribution >= 0.6 is 31.9 Å². The Labute approximate surface area is 245 Å². The molecule has 5 nitrogen and oxygen atoms in total. The Bertz CT molecular complexity index is 1410. The van der Waals surface area contributed by atoms with Crippen LogP contribution < -0.4 is 9.47 Å². The summed E-state index contributed by atoms with van der Waals surface area (Å²) in [6.45, 7) is 4.10. The second-order valence-electron chi connectivity index (χ2n) is 9.65. The Morgan fingerprint density at radius 2 is 1.23 bits per heavy atom. The SMILES string of the molecule is CCN1CC[C@@](O)(c2ccc(Oc3ccc(Br)cc3)cc2)[C@H](C(=O)c2ccc(Oc3ccc(Br)cc3)cc2)C1. The summed E-state index contributed by atoms with van der Waals surface area (Å²) in [7, 11) is 0. The topological polar surface area (TPSA) is 59.0 Å². The van der Waals surface area contributed by atoms with Gasteiger partial charge in [-0.1, -0.05) is 50.9 Å². The minimum atomic E-state index is -1.29. The smallest absolute Gasteiger partial charge is 0.170 e. The maximum Gasteiger partial charge on any atom is 0.170 e. The number of piperidine rings is 1. The highest BCUT2D eigenvalue weighted by Gasteiger charge is 2.46. The van der Waals surface area contributed by atoms with Crippen molar-refractivity contribution in [1.29, 1.82) is 0 Å². The molecule has 0 bridgehead atoms. The number of rotatable bonds is 8. The van der Waals surface area contributed by atoms with Crippen LogP contribution in [0, 0.1) is 5.92 Å². The Morgan fingerprint density at radius 3 is 1.69 bits per heavy atom. The van der Waals surface area contributed by atoms with Crippen LogP contribution in [0.15, 0.2) is 106 Å². The minimum Gasteiger partial charge on any atom is -0.457 e. The summed E-state index contributed by atoms with van der Waals surface area (Å²) in [6, 6.07) is 29.7. The van der Waals surface area contributed by atoms with Crippen molar-refractivity contribution in [3.63, 3.8) is 0 Å². The maximum atomic E-state index is 13.8. The van der Waals surface area contributed by atoms with Gasteiger partial charge in [0.25, 0.3) is 0 Å². The molecule has 2 atom stereocenters. The number of carbonyl (C=O) groups excluding carboxylic acids is 1. The van der Waals surface area contributed by atoms with Gasteiger partial charge in [-0.05, 0) is 103 Å². The van der Waals surface area contributed by atoms with Gasteiger partial charge in [0, 0.05) is 27.6 Å². The molecule has 1 saturated heterocycles. The van der Waals surface area contributed by atoms with Gasteiger partial charge in [-0.3, -0.25) is 4.79 Å². The number of hydrogen-bond donors (Lipinski definition) is 1. The molecule has 1 aliphatic heterocycles. The van der Waals surface area contributed by atoms with E-state index in [1.54, 1.807) is 24.3 Å². The summed E-state index contributed by atoms with van der Waals surface area (Å²) in [4.78, 5) is 16.0. The van der Waals surface area contributed by atoms with Crippen molar-refractivity contribution in [3.05, 3.63) is 117 Å². The van der Waals surface area contributed by atoms with E-state index in [4.69, 9.17) is 9.47 Å². The molecule has 4 aromatic carbocycles. The zero-order valence-corrected chi connectivity index (χ0v) is 24.7. The highest BCUT2D eigenvalue weighted by Crippen LogP contribution is 2.40. The monoisotopic (exact) mass is 649 g/mol. The molecular weight excluding hydrogens is 622 g/mol. The van der Waals surface area contributed by atoms with Gasteiger partial charge in [-0.2, -0.15) is 0 Å². The third-order valence-corrected chi connectivity index (χ3v) is 8.24. The van der Waals surface area contributed by atoms with Crippen LogP contribution in [-0.2, 0) is 5.60 Å². The van der Waals surface area contributed by atoms with E-state index in [9.17, 15) is 9.90 Å². The first kappa shape index (κ1) is 27.6. The van der Waals surface area contributed by atoms with Crippen molar-refractivity contribution in [1.82, 2.24) is 4.90 Å². The lowest BCUT2D eigenvalue weighted by Crippen LogP contribution is -2.53. The van der Waals surface area contributed by atoms with Crippen molar-refractivity contribution in [2.75, 3.05) is 19.6 Å². The van der Waals surface area contributed by atoms with E-state index in [0.717, 1.165) is 26.8 Å². The number of hydrogen-bond acceptors (Lipinski definition) is 5. The number of Topliss-reactive ketones (excluding diaryl/α,β-unsaturated/α-hetero) is 1. The molecule has 7 heteroatoms. The Hall–Kier alpha value is -2.97. The highest BCUT2D eigenvalue weighted by atomic mass is 79.9. The van der Waals surface area contributed by atoms with Gasteiger partial charge < -0.3 is 19.5 Å². The lowest BCUT2D eigenvalue weighted by molar-refractivity contribution is -0.0632. The molecule has 5 rings (SSSR count). The molecule has 4 aromatic rings. The van der Waals surface area contributed by atoms with Crippen LogP contribution in [0.4, 0.5) is 0 Å².